The highest BCUT2D eigenvalue weighted by molar-refractivity contribution is 8.00. The Kier molecular flexibility index (Phi) is 5.22. The Balaban J connectivity index is 2.07. The van der Waals surface area contributed by atoms with Crippen LogP contribution in [0.25, 0.3) is 0 Å². The molecule has 2 rings (SSSR count). The fourth-order valence-electron chi connectivity index (χ4n) is 2.68. The SMILES string of the molecule is CCNC1CCC(C)CC1Sc1ccc(F)c(F)c1. The van der Waals surface area contributed by atoms with Crippen LogP contribution in [-0.4, -0.2) is 17.8 Å². The van der Waals surface area contributed by atoms with Crippen molar-refractivity contribution in [1.82, 2.24) is 5.32 Å². The second-order valence-corrected chi connectivity index (χ2v) is 6.63. The van der Waals surface area contributed by atoms with E-state index in [0.717, 1.165) is 24.3 Å². The molecule has 3 unspecified atom stereocenters. The highest BCUT2D eigenvalue weighted by Crippen LogP contribution is 2.36. The van der Waals surface area contributed by atoms with Gasteiger partial charge in [0.2, 0.25) is 0 Å². The van der Waals surface area contributed by atoms with E-state index in [0.29, 0.717) is 17.2 Å². The molecule has 19 heavy (non-hydrogen) atoms. The standard InChI is InChI=1S/C15H21F2NS/c1-3-18-14-7-4-10(2)8-15(14)19-11-5-6-12(16)13(17)9-11/h5-6,9-10,14-15,18H,3-4,7-8H2,1-2H3. The summed E-state index contributed by atoms with van der Waals surface area (Å²) in [6.07, 6.45) is 3.53. The van der Waals surface area contributed by atoms with Gasteiger partial charge in [0.25, 0.3) is 0 Å². The highest BCUT2D eigenvalue weighted by atomic mass is 32.2. The number of hydrogen-bond acceptors (Lipinski definition) is 2. The third-order valence-electron chi connectivity index (χ3n) is 3.70. The molecule has 4 heteroatoms. The zero-order valence-corrected chi connectivity index (χ0v) is 12.3. The Bertz CT molecular complexity index is 425. The second kappa shape index (κ2) is 6.71. The Labute approximate surface area is 118 Å². The molecule has 3 atom stereocenters. The maximum atomic E-state index is 13.3. The van der Waals surface area contributed by atoms with Crippen LogP contribution in [0.2, 0.25) is 0 Å². The zero-order valence-electron chi connectivity index (χ0n) is 11.5. The van der Waals surface area contributed by atoms with Crippen LogP contribution in [0.4, 0.5) is 8.78 Å². The van der Waals surface area contributed by atoms with Gasteiger partial charge >= 0.3 is 0 Å². The lowest BCUT2D eigenvalue weighted by molar-refractivity contribution is 0.320. The summed E-state index contributed by atoms with van der Waals surface area (Å²) in [6.45, 7) is 5.33. The van der Waals surface area contributed by atoms with Gasteiger partial charge in [0, 0.05) is 16.2 Å². The fourth-order valence-corrected chi connectivity index (χ4v) is 4.17. The lowest BCUT2D eigenvalue weighted by atomic mass is 9.87. The lowest BCUT2D eigenvalue weighted by Gasteiger charge is -2.35. The van der Waals surface area contributed by atoms with Gasteiger partial charge in [-0.15, -0.1) is 11.8 Å². The predicted molar refractivity (Wildman–Crippen MR) is 76.5 cm³/mol. The minimum Gasteiger partial charge on any atom is -0.313 e. The van der Waals surface area contributed by atoms with Crippen LogP contribution in [0.5, 0.6) is 0 Å². The van der Waals surface area contributed by atoms with Crippen molar-refractivity contribution in [2.24, 2.45) is 5.92 Å². The van der Waals surface area contributed by atoms with Gasteiger partial charge in [0.15, 0.2) is 11.6 Å². The summed E-state index contributed by atoms with van der Waals surface area (Å²) < 4.78 is 26.2. The van der Waals surface area contributed by atoms with E-state index in [1.165, 1.54) is 18.6 Å². The number of rotatable bonds is 4. The van der Waals surface area contributed by atoms with Crippen LogP contribution in [0.1, 0.15) is 33.1 Å². The van der Waals surface area contributed by atoms with Crippen molar-refractivity contribution in [3.63, 3.8) is 0 Å². The van der Waals surface area contributed by atoms with Crippen LogP contribution in [0.15, 0.2) is 23.1 Å². The first kappa shape index (κ1) is 14.8. The maximum Gasteiger partial charge on any atom is 0.159 e. The Hall–Kier alpha value is -0.610. The van der Waals surface area contributed by atoms with Gasteiger partial charge in [-0.2, -0.15) is 0 Å². The third-order valence-corrected chi connectivity index (χ3v) is 5.05. The molecule has 1 saturated carbocycles. The van der Waals surface area contributed by atoms with Crippen molar-refractivity contribution in [2.45, 2.75) is 49.3 Å². The lowest BCUT2D eigenvalue weighted by Crippen LogP contribution is -2.42. The molecule has 1 aliphatic carbocycles. The monoisotopic (exact) mass is 285 g/mol. The van der Waals surface area contributed by atoms with Crippen molar-refractivity contribution < 1.29 is 8.78 Å². The van der Waals surface area contributed by atoms with Crippen LogP contribution < -0.4 is 5.32 Å². The fraction of sp³-hybridized carbons (Fsp3) is 0.600. The molecule has 0 amide bonds. The molecule has 1 N–H and O–H groups in total. The van der Waals surface area contributed by atoms with E-state index >= 15 is 0 Å². The Morgan fingerprint density at radius 3 is 2.74 bits per heavy atom. The number of halogens is 2. The predicted octanol–water partition coefficient (Wildman–Crippen LogP) is 4.22. The molecule has 106 valence electrons. The number of nitrogens with one attached hydrogen (secondary N) is 1. The van der Waals surface area contributed by atoms with E-state index in [1.54, 1.807) is 17.8 Å². The molecule has 0 bridgehead atoms. The highest BCUT2D eigenvalue weighted by Gasteiger charge is 2.28. The third kappa shape index (κ3) is 3.93. The second-order valence-electron chi connectivity index (χ2n) is 5.31. The first-order valence-electron chi connectivity index (χ1n) is 6.95. The van der Waals surface area contributed by atoms with E-state index in [2.05, 4.69) is 19.2 Å². The topological polar surface area (TPSA) is 12.0 Å². The number of hydrogen-bond donors (Lipinski definition) is 1. The quantitative estimate of drug-likeness (QED) is 0.888. The van der Waals surface area contributed by atoms with Crippen LogP contribution in [0.3, 0.4) is 0 Å². The summed E-state index contributed by atoms with van der Waals surface area (Å²) >= 11 is 1.67. The maximum absolute atomic E-state index is 13.3. The van der Waals surface area contributed by atoms with Crippen molar-refractivity contribution in [3.05, 3.63) is 29.8 Å². The Morgan fingerprint density at radius 1 is 1.26 bits per heavy atom. The van der Waals surface area contributed by atoms with Crippen molar-refractivity contribution >= 4 is 11.8 Å². The average Bonchev–Trinajstić information content (AvgIpc) is 2.37. The van der Waals surface area contributed by atoms with Crippen LogP contribution >= 0.6 is 11.8 Å². The molecule has 0 heterocycles. The smallest absolute Gasteiger partial charge is 0.159 e. The first-order chi connectivity index (χ1) is 9.10. The van der Waals surface area contributed by atoms with Crippen molar-refractivity contribution in [1.29, 1.82) is 0 Å². The van der Waals surface area contributed by atoms with E-state index in [9.17, 15) is 8.78 Å². The number of benzene rings is 1. The largest absolute Gasteiger partial charge is 0.313 e. The number of thioether (sulfide) groups is 1. The minimum atomic E-state index is -0.774. The van der Waals surface area contributed by atoms with Crippen molar-refractivity contribution in [2.75, 3.05) is 6.54 Å². The van der Waals surface area contributed by atoms with E-state index < -0.39 is 11.6 Å². The minimum absolute atomic E-state index is 0.438. The molecule has 1 fully saturated rings. The Morgan fingerprint density at radius 2 is 2.05 bits per heavy atom. The van der Waals surface area contributed by atoms with Gasteiger partial charge in [-0.05, 0) is 49.9 Å². The summed E-state index contributed by atoms with van der Waals surface area (Å²) in [5, 5.41) is 3.95. The molecule has 1 aromatic carbocycles. The van der Waals surface area contributed by atoms with E-state index in [1.807, 2.05) is 0 Å². The van der Waals surface area contributed by atoms with Gasteiger partial charge in [-0.1, -0.05) is 13.8 Å². The molecule has 1 nitrogen and oxygen atoms in total. The normalized spacial score (nSPS) is 27.5. The van der Waals surface area contributed by atoms with Gasteiger partial charge in [-0.25, -0.2) is 8.78 Å². The molecule has 0 aliphatic heterocycles. The van der Waals surface area contributed by atoms with Crippen molar-refractivity contribution in [3.8, 4) is 0 Å². The summed E-state index contributed by atoms with van der Waals surface area (Å²) in [5.74, 6) is -0.823. The molecule has 0 spiro atoms. The van der Waals surface area contributed by atoms with Gasteiger partial charge < -0.3 is 5.32 Å². The summed E-state index contributed by atoms with van der Waals surface area (Å²) in [5.41, 5.74) is 0. The van der Waals surface area contributed by atoms with Crippen LogP contribution in [-0.2, 0) is 0 Å². The molecular weight excluding hydrogens is 264 g/mol. The van der Waals surface area contributed by atoms with Gasteiger partial charge in [0.1, 0.15) is 0 Å². The summed E-state index contributed by atoms with van der Waals surface area (Å²) in [4.78, 5) is 0.820. The van der Waals surface area contributed by atoms with Gasteiger partial charge in [0.05, 0.1) is 0 Å². The zero-order chi connectivity index (χ0) is 13.8. The molecule has 1 aliphatic rings. The molecule has 0 saturated heterocycles. The average molecular weight is 285 g/mol. The molecular formula is C15H21F2NS. The summed E-state index contributed by atoms with van der Waals surface area (Å²) in [7, 11) is 0. The van der Waals surface area contributed by atoms with Crippen LogP contribution in [0, 0.1) is 17.6 Å². The molecule has 0 radical (unpaired) electrons. The molecule has 1 aromatic rings. The first-order valence-corrected chi connectivity index (χ1v) is 7.83. The van der Waals surface area contributed by atoms with Gasteiger partial charge in [-0.3, -0.25) is 0 Å². The van der Waals surface area contributed by atoms with E-state index in [-0.39, 0.29) is 0 Å². The van der Waals surface area contributed by atoms with E-state index in [4.69, 9.17) is 0 Å². The summed E-state index contributed by atoms with van der Waals surface area (Å²) in [6, 6.07) is 4.67. The molecule has 0 aromatic heterocycles.